The molecule has 0 aromatic rings. The van der Waals surface area contributed by atoms with Gasteiger partial charge in [-0.3, -0.25) is 4.90 Å². The Morgan fingerprint density at radius 1 is 1.06 bits per heavy atom. The Labute approximate surface area is 98.8 Å². The van der Waals surface area contributed by atoms with E-state index < -0.39 is 0 Å². The normalized spacial score (nSPS) is 29.6. The second-order valence-electron chi connectivity index (χ2n) is 6.04. The van der Waals surface area contributed by atoms with Crippen molar-refractivity contribution >= 4 is 0 Å². The van der Waals surface area contributed by atoms with E-state index in [1.165, 1.54) is 12.8 Å². The van der Waals surface area contributed by atoms with Gasteiger partial charge >= 0.3 is 0 Å². The van der Waals surface area contributed by atoms with Gasteiger partial charge in [-0.2, -0.15) is 5.26 Å². The van der Waals surface area contributed by atoms with Gasteiger partial charge in [0, 0.05) is 26.2 Å². The fourth-order valence-electron chi connectivity index (χ4n) is 2.93. The van der Waals surface area contributed by atoms with E-state index in [9.17, 15) is 5.26 Å². The fraction of sp³-hybridized carbons (Fsp3) is 0.923. The first kappa shape index (κ1) is 11.9. The standard InChI is InChI=1S/C13H23N3/c1-12(2)3-5-13(11-14,6-4-12)16-9-7-15-8-10-16/h15H,3-10H2,1-2H3. The summed E-state index contributed by atoms with van der Waals surface area (Å²) in [5.41, 5.74) is 0.284. The van der Waals surface area contributed by atoms with Gasteiger partial charge in [0.05, 0.1) is 6.07 Å². The van der Waals surface area contributed by atoms with E-state index in [0.29, 0.717) is 5.41 Å². The lowest BCUT2D eigenvalue weighted by molar-refractivity contribution is 0.0487. The maximum atomic E-state index is 9.55. The Kier molecular flexibility index (Phi) is 3.23. The number of rotatable bonds is 1. The van der Waals surface area contributed by atoms with Crippen molar-refractivity contribution in [2.24, 2.45) is 5.41 Å². The van der Waals surface area contributed by atoms with E-state index in [1.807, 2.05) is 0 Å². The van der Waals surface area contributed by atoms with E-state index in [-0.39, 0.29) is 5.54 Å². The Bertz CT molecular complexity index is 274. The van der Waals surface area contributed by atoms with Crippen molar-refractivity contribution < 1.29 is 0 Å². The summed E-state index contributed by atoms with van der Waals surface area (Å²) in [6.07, 6.45) is 4.47. The van der Waals surface area contributed by atoms with Gasteiger partial charge in [-0.25, -0.2) is 0 Å². The quantitative estimate of drug-likeness (QED) is 0.733. The summed E-state index contributed by atoms with van der Waals surface area (Å²) in [6.45, 7) is 8.79. The first-order chi connectivity index (χ1) is 7.58. The average molecular weight is 221 g/mol. The molecule has 0 atom stereocenters. The fourth-order valence-corrected chi connectivity index (χ4v) is 2.93. The minimum atomic E-state index is -0.155. The van der Waals surface area contributed by atoms with E-state index in [4.69, 9.17) is 0 Å². The third kappa shape index (κ3) is 2.23. The smallest absolute Gasteiger partial charge is 0.109 e. The second kappa shape index (κ2) is 4.35. The third-order valence-electron chi connectivity index (χ3n) is 4.36. The molecule has 1 aliphatic carbocycles. The van der Waals surface area contributed by atoms with Crippen molar-refractivity contribution in [2.45, 2.75) is 45.1 Å². The molecule has 0 amide bonds. The summed E-state index contributed by atoms with van der Waals surface area (Å²) in [6, 6.07) is 2.62. The number of hydrogen-bond acceptors (Lipinski definition) is 3. The van der Waals surface area contributed by atoms with Crippen molar-refractivity contribution in [2.75, 3.05) is 26.2 Å². The molecule has 90 valence electrons. The van der Waals surface area contributed by atoms with E-state index >= 15 is 0 Å². The van der Waals surface area contributed by atoms with Crippen LogP contribution >= 0.6 is 0 Å². The summed E-state index contributed by atoms with van der Waals surface area (Å²) >= 11 is 0. The zero-order chi connectivity index (χ0) is 11.6. The highest BCUT2D eigenvalue weighted by Crippen LogP contribution is 2.42. The van der Waals surface area contributed by atoms with Crippen molar-refractivity contribution in [3.05, 3.63) is 0 Å². The highest BCUT2D eigenvalue weighted by atomic mass is 15.2. The topological polar surface area (TPSA) is 39.1 Å². The van der Waals surface area contributed by atoms with Crippen LogP contribution in [0, 0.1) is 16.7 Å². The molecule has 1 N–H and O–H groups in total. The first-order valence-corrected chi connectivity index (χ1v) is 6.45. The van der Waals surface area contributed by atoms with Crippen LogP contribution in [0.4, 0.5) is 0 Å². The number of nitrogens with one attached hydrogen (secondary N) is 1. The Hall–Kier alpha value is -0.590. The maximum absolute atomic E-state index is 9.55. The minimum Gasteiger partial charge on any atom is -0.314 e. The number of piperazine rings is 1. The van der Waals surface area contributed by atoms with Crippen molar-refractivity contribution in [3.63, 3.8) is 0 Å². The lowest BCUT2D eigenvalue weighted by atomic mass is 9.69. The molecule has 0 spiro atoms. The molecule has 3 heteroatoms. The van der Waals surface area contributed by atoms with E-state index in [0.717, 1.165) is 39.0 Å². The Balaban J connectivity index is 2.06. The summed E-state index contributed by atoms with van der Waals surface area (Å²) in [5.74, 6) is 0. The molecule has 0 bridgehead atoms. The van der Waals surface area contributed by atoms with Crippen LogP contribution in [0.1, 0.15) is 39.5 Å². The zero-order valence-electron chi connectivity index (χ0n) is 10.6. The van der Waals surface area contributed by atoms with Gasteiger partial charge in [-0.05, 0) is 31.1 Å². The van der Waals surface area contributed by atoms with Crippen LogP contribution in [0.2, 0.25) is 0 Å². The number of hydrogen-bond donors (Lipinski definition) is 1. The first-order valence-electron chi connectivity index (χ1n) is 6.45. The molecular formula is C13H23N3. The predicted molar refractivity (Wildman–Crippen MR) is 65.0 cm³/mol. The molecule has 0 aromatic carbocycles. The molecule has 2 rings (SSSR count). The lowest BCUT2D eigenvalue weighted by Gasteiger charge is -2.47. The molecule has 2 aliphatic rings. The van der Waals surface area contributed by atoms with Crippen molar-refractivity contribution in [3.8, 4) is 6.07 Å². The van der Waals surface area contributed by atoms with E-state index in [1.54, 1.807) is 0 Å². The molecule has 0 radical (unpaired) electrons. The van der Waals surface area contributed by atoms with E-state index in [2.05, 4.69) is 30.1 Å². The maximum Gasteiger partial charge on any atom is 0.109 e. The van der Waals surface area contributed by atoms with Crippen LogP contribution in [0.5, 0.6) is 0 Å². The summed E-state index contributed by atoms with van der Waals surface area (Å²) in [4.78, 5) is 2.42. The van der Waals surface area contributed by atoms with Gasteiger partial charge in [0.2, 0.25) is 0 Å². The third-order valence-corrected chi connectivity index (χ3v) is 4.36. The zero-order valence-corrected chi connectivity index (χ0v) is 10.6. The van der Waals surface area contributed by atoms with Crippen LogP contribution in [-0.4, -0.2) is 36.6 Å². The van der Waals surface area contributed by atoms with Crippen LogP contribution in [0.25, 0.3) is 0 Å². The lowest BCUT2D eigenvalue weighted by Crippen LogP contribution is -2.57. The number of nitrogens with zero attached hydrogens (tertiary/aromatic N) is 2. The molecular weight excluding hydrogens is 198 g/mol. The Morgan fingerprint density at radius 2 is 1.62 bits per heavy atom. The van der Waals surface area contributed by atoms with Gasteiger partial charge in [-0.15, -0.1) is 0 Å². The largest absolute Gasteiger partial charge is 0.314 e. The molecule has 1 saturated heterocycles. The molecule has 1 aliphatic heterocycles. The molecule has 2 fully saturated rings. The van der Waals surface area contributed by atoms with Gasteiger partial charge in [0.15, 0.2) is 0 Å². The van der Waals surface area contributed by atoms with Gasteiger partial charge in [0.1, 0.15) is 5.54 Å². The predicted octanol–water partition coefficient (Wildman–Crippen LogP) is 1.75. The van der Waals surface area contributed by atoms with Crippen LogP contribution in [0.3, 0.4) is 0 Å². The average Bonchev–Trinajstić information content (AvgIpc) is 2.31. The summed E-state index contributed by atoms with van der Waals surface area (Å²) in [7, 11) is 0. The molecule has 16 heavy (non-hydrogen) atoms. The SMILES string of the molecule is CC1(C)CCC(C#N)(N2CCNCC2)CC1. The second-order valence-corrected chi connectivity index (χ2v) is 6.04. The van der Waals surface area contributed by atoms with Crippen LogP contribution in [-0.2, 0) is 0 Å². The highest BCUT2D eigenvalue weighted by molar-refractivity contribution is 5.12. The molecule has 1 heterocycles. The number of nitriles is 1. The highest BCUT2D eigenvalue weighted by Gasteiger charge is 2.42. The van der Waals surface area contributed by atoms with Crippen LogP contribution in [0.15, 0.2) is 0 Å². The summed E-state index contributed by atoms with van der Waals surface area (Å²) < 4.78 is 0. The summed E-state index contributed by atoms with van der Waals surface area (Å²) in [5, 5.41) is 12.9. The van der Waals surface area contributed by atoms with Crippen molar-refractivity contribution in [1.82, 2.24) is 10.2 Å². The molecule has 3 nitrogen and oxygen atoms in total. The minimum absolute atomic E-state index is 0.155. The monoisotopic (exact) mass is 221 g/mol. The molecule has 0 unspecified atom stereocenters. The van der Waals surface area contributed by atoms with Crippen LogP contribution < -0.4 is 5.32 Å². The van der Waals surface area contributed by atoms with Gasteiger partial charge < -0.3 is 5.32 Å². The molecule has 1 saturated carbocycles. The van der Waals surface area contributed by atoms with Gasteiger partial charge in [-0.1, -0.05) is 13.8 Å². The van der Waals surface area contributed by atoms with Crippen molar-refractivity contribution in [1.29, 1.82) is 5.26 Å². The molecule has 0 aromatic heterocycles. The Morgan fingerprint density at radius 3 is 2.12 bits per heavy atom. The van der Waals surface area contributed by atoms with Gasteiger partial charge in [0.25, 0.3) is 0 Å².